The van der Waals surface area contributed by atoms with E-state index in [1.54, 1.807) is 26.0 Å². The molecule has 0 radical (unpaired) electrons. The normalized spacial score (nSPS) is 16.8. The minimum absolute atomic E-state index is 0.0668. The Bertz CT molecular complexity index is 297. The molecule has 0 amide bonds. The molecule has 0 unspecified atom stereocenters. The van der Waals surface area contributed by atoms with Crippen LogP contribution in [0.5, 0.6) is 0 Å². The third kappa shape index (κ3) is 1.56. The minimum Gasteiger partial charge on any atom is -0.289 e. The van der Waals surface area contributed by atoms with Gasteiger partial charge in [0, 0.05) is 0 Å². The highest BCUT2D eigenvalue weighted by atomic mass is 16.1. The summed E-state index contributed by atoms with van der Waals surface area (Å²) in [6.45, 7) is 3.52. The van der Waals surface area contributed by atoms with Crippen LogP contribution in [0.4, 0.5) is 0 Å². The van der Waals surface area contributed by atoms with Gasteiger partial charge in [-0.3, -0.25) is 4.79 Å². The predicted octanol–water partition coefficient (Wildman–Crippen LogP) is 2.38. The first-order valence-corrected chi connectivity index (χ1v) is 3.63. The first-order chi connectivity index (χ1) is 5.65. The fraction of sp³-hybridized carbons (Fsp3) is 0.222. The summed E-state index contributed by atoms with van der Waals surface area (Å²) in [4.78, 5) is 11.2. The van der Waals surface area contributed by atoms with Crippen molar-refractivity contribution in [2.75, 3.05) is 0 Å². The second-order valence-corrected chi connectivity index (χ2v) is 2.74. The molecule has 1 rings (SSSR count). The fourth-order valence-corrected chi connectivity index (χ4v) is 1.13. The molecule has 1 N–H and O–H groups in total. The first kappa shape index (κ1) is 8.59. The molecule has 0 aliphatic heterocycles. The lowest BCUT2D eigenvalue weighted by atomic mass is 9.96. The van der Waals surface area contributed by atoms with E-state index >= 15 is 0 Å². The van der Waals surface area contributed by atoms with Gasteiger partial charge in [-0.25, -0.2) is 5.53 Å². The van der Waals surface area contributed by atoms with E-state index in [9.17, 15) is 4.79 Å². The fourth-order valence-electron chi connectivity index (χ4n) is 1.13. The molecule has 12 heavy (non-hydrogen) atoms. The van der Waals surface area contributed by atoms with Crippen molar-refractivity contribution in [1.82, 2.24) is 0 Å². The SMILES string of the molecule is CC1=CC(=CN=N)C=C(C)C1=O. The summed E-state index contributed by atoms with van der Waals surface area (Å²) in [6.07, 6.45) is 4.88. The van der Waals surface area contributed by atoms with E-state index in [-0.39, 0.29) is 5.78 Å². The van der Waals surface area contributed by atoms with E-state index in [1.807, 2.05) is 0 Å². The second kappa shape index (κ2) is 3.26. The predicted molar refractivity (Wildman–Crippen MR) is 45.8 cm³/mol. The monoisotopic (exact) mass is 162 g/mol. The number of nitrogens with one attached hydrogen (secondary N) is 1. The van der Waals surface area contributed by atoms with Gasteiger partial charge in [-0.15, -0.1) is 0 Å². The Labute approximate surface area is 71.0 Å². The van der Waals surface area contributed by atoms with E-state index in [2.05, 4.69) is 5.11 Å². The van der Waals surface area contributed by atoms with Gasteiger partial charge in [0.2, 0.25) is 0 Å². The quantitative estimate of drug-likeness (QED) is 0.591. The summed E-state index contributed by atoms with van der Waals surface area (Å²) in [5.41, 5.74) is 8.83. The highest BCUT2D eigenvalue weighted by Crippen LogP contribution is 2.17. The van der Waals surface area contributed by atoms with Gasteiger partial charge in [-0.2, -0.15) is 5.11 Å². The molecule has 0 spiro atoms. The molecule has 1 aliphatic carbocycles. The van der Waals surface area contributed by atoms with Gasteiger partial charge < -0.3 is 0 Å². The Morgan fingerprint density at radius 1 is 1.33 bits per heavy atom. The lowest BCUT2D eigenvalue weighted by Crippen LogP contribution is -2.05. The Morgan fingerprint density at radius 2 is 1.83 bits per heavy atom. The van der Waals surface area contributed by atoms with Crippen LogP contribution < -0.4 is 0 Å². The summed E-state index contributed by atoms with van der Waals surface area (Å²) in [7, 11) is 0. The lowest BCUT2D eigenvalue weighted by molar-refractivity contribution is -0.112. The molecule has 0 bridgehead atoms. The van der Waals surface area contributed by atoms with Crippen molar-refractivity contribution in [2.24, 2.45) is 5.11 Å². The van der Waals surface area contributed by atoms with E-state index in [4.69, 9.17) is 5.53 Å². The molecule has 0 saturated carbocycles. The summed E-state index contributed by atoms with van der Waals surface area (Å²) < 4.78 is 0. The number of allylic oxidation sites excluding steroid dienone is 5. The Hall–Kier alpha value is -1.51. The lowest BCUT2D eigenvalue weighted by Gasteiger charge is -2.07. The molecule has 0 aromatic carbocycles. The highest BCUT2D eigenvalue weighted by molar-refractivity contribution is 6.09. The van der Waals surface area contributed by atoms with Crippen molar-refractivity contribution in [3.05, 3.63) is 35.1 Å². The third-order valence-corrected chi connectivity index (χ3v) is 1.70. The average Bonchev–Trinajstić information content (AvgIpc) is 2.01. The van der Waals surface area contributed by atoms with Crippen LogP contribution in [-0.2, 0) is 4.79 Å². The summed E-state index contributed by atoms with van der Waals surface area (Å²) in [6, 6.07) is 0. The van der Waals surface area contributed by atoms with E-state index in [1.165, 1.54) is 6.20 Å². The molecule has 62 valence electrons. The van der Waals surface area contributed by atoms with E-state index < -0.39 is 0 Å². The van der Waals surface area contributed by atoms with E-state index in [0.717, 1.165) is 5.57 Å². The van der Waals surface area contributed by atoms with Crippen LogP contribution in [0, 0.1) is 5.53 Å². The number of ketones is 1. The van der Waals surface area contributed by atoms with Crippen LogP contribution in [0.2, 0.25) is 0 Å². The minimum atomic E-state index is 0.0668. The summed E-state index contributed by atoms with van der Waals surface area (Å²) in [5, 5.41) is 3.14. The maximum atomic E-state index is 11.2. The molecule has 0 heterocycles. The smallest absolute Gasteiger partial charge is 0.184 e. The average molecular weight is 162 g/mol. The van der Waals surface area contributed by atoms with Gasteiger partial charge in [0.15, 0.2) is 5.78 Å². The van der Waals surface area contributed by atoms with Gasteiger partial charge in [-0.05, 0) is 42.7 Å². The number of carbonyl (C=O) groups is 1. The van der Waals surface area contributed by atoms with Crippen LogP contribution in [0.1, 0.15) is 13.8 Å². The Balaban J connectivity index is 3.07. The van der Waals surface area contributed by atoms with Gasteiger partial charge >= 0.3 is 0 Å². The maximum Gasteiger partial charge on any atom is 0.184 e. The van der Waals surface area contributed by atoms with Crippen molar-refractivity contribution in [3.8, 4) is 0 Å². The highest BCUT2D eigenvalue weighted by Gasteiger charge is 2.11. The standard InChI is InChI=1S/C9H10N2O/c1-6-3-8(5-11-10)4-7(2)9(6)12/h3-5,10H,1-2H3. The van der Waals surface area contributed by atoms with Crippen molar-refractivity contribution in [2.45, 2.75) is 13.8 Å². The number of Topliss-reactive ketones (excluding diaryl/α,β-unsaturated/α-hetero) is 1. The molecule has 3 heteroatoms. The first-order valence-electron chi connectivity index (χ1n) is 3.63. The zero-order valence-electron chi connectivity index (χ0n) is 7.09. The molecule has 0 atom stereocenters. The van der Waals surface area contributed by atoms with Crippen molar-refractivity contribution < 1.29 is 4.79 Å². The van der Waals surface area contributed by atoms with Crippen LogP contribution in [0.25, 0.3) is 0 Å². The molecule has 0 aromatic heterocycles. The van der Waals surface area contributed by atoms with Crippen LogP contribution in [0.3, 0.4) is 0 Å². The zero-order valence-corrected chi connectivity index (χ0v) is 7.09. The number of carbonyl (C=O) groups excluding carboxylic acids is 1. The summed E-state index contributed by atoms with van der Waals surface area (Å²) in [5.74, 6) is 0.0668. The van der Waals surface area contributed by atoms with Gasteiger partial charge in [-0.1, -0.05) is 0 Å². The molecule has 0 aromatic rings. The van der Waals surface area contributed by atoms with Crippen molar-refractivity contribution in [3.63, 3.8) is 0 Å². The molecule has 1 aliphatic rings. The molecule has 0 saturated heterocycles. The maximum absolute atomic E-state index is 11.2. The molecular weight excluding hydrogens is 152 g/mol. The van der Waals surface area contributed by atoms with Crippen molar-refractivity contribution >= 4 is 5.78 Å². The number of rotatable bonds is 1. The van der Waals surface area contributed by atoms with E-state index in [0.29, 0.717) is 11.1 Å². The van der Waals surface area contributed by atoms with Crippen LogP contribution in [0.15, 0.2) is 40.2 Å². The molecule has 3 nitrogen and oxygen atoms in total. The van der Waals surface area contributed by atoms with Gasteiger partial charge in [0.25, 0.3) is 0 Å². The Morgan fingerprint density at radius 3 is 2.25 bits per heavy atom. The van der Waals surface area contributed by atoms with Crippen LogP contribution >= 0.6 is 0 Å². The Kier molecular flexibility index (Phi) is 2.33. The largest absolute Gasteiger partial charge is 0.289 e. The topological polar surface area (TPSA) is 53.3 Å². The second-order valence-electron chi connectivity index (χ2n) is 2.74. The van der Waals surface area contributed by atoms with Crippen molar-refractivity contribution in [1.29, 1.82) is 5.53 Å². The number of nitrogens with zero attached hydrogens (tertiary/aromatic N) is 1. The number of hydrogen-bond acceptors (Lipinski definition) is 3. The van der Waals surface area contributed by atoms with Gasteiger partial charge in [0.05, 0.1) is 6.20 Å². The number of hydrogen-bond donors (Lipinski definition) is 1. The molecule has 0 fully saturated rings. The van der Waals surface area contributed by atoms with Gasteiger partial charge in [0.1, 0.15) is 0 Å². The summed E-state index contributed by atoms with van der Waals surface area (Å²) >= 11 is 0. The zero-order chi connectivity index (χ0) is 9.14. The van der Waals surface area contributed by atoms with Crippen LogP contribution in [-0.4, -0.2) is 5.78 Å². The third-order valence-electron chi connectivity index (χ3n) is 1.70. The molecular formula is C9H10N2O.